The van der Waals surface area contributed by atoms with E-state index in [1.807, 2.05) is 0 Å². The van der Waals surface area contributed by atoms with Gasteiger partial charge >= 0.3 is 0 Å². The largest absolute Gasteiger partial charge is 0.497 e. The van der Waals surface area contributed by atoms with Gasteiger partial charge in [-0.15, -0.1) is 0 Å². The van der Waals surface area contributed by atoms with E-state index in [0.29, 0.717) is 22.0 Å². The average molecular weight is 412 g/mol. The predicted octanol–water partition coefficient (Wildman–Crippen LogP) is 3.17. The van der Waals surface area contributed by atoms with Crippen LogP contribution in [-0.4, -0.2) is 49.3 Å². The molecule has 2 aromatic rings. The molecule has 1 aliphatic heterocycles. The number of hydrogen-bond acceptors (Lipinski definition) is 6. The standard InChI is InChI=1S/C21H20N2O5S/c1-27-15-9-7-14(8-10-15)13-18-20(25)23(21(26)29-18)12-11-22-19(24)16-5-3-4-6-17(16)28-2/h3-10,13H,11-12H2,1-2H3,(H,22,24)/b18-13-. The summed E-state index contributed by atoms with van der Waals surface area (Å²) in [5.74, 6) is 0.463. The van der Waals surface area contributed by atoms with Gasteiger partial charge in [0.25, 0.3) is 17.1 Å². The molecule has 3 amide bonds. The number of amides is 3. The number of imide groups is 1. The Morgan fingerprint density at radius 2 is 1.79 bits per heavy atom. The van der Waals surface area contributed by atoms with E-state index in [0.717, 1.165) is 22.2 Å². The molecule has 8 heteroatoms. The lowest BCUT2D eigenvalue weighted by Crippen LogP contribution is -2.37. The van der Waals surface area contributed by atoms with Crippen LogP contribution in [0, 0.1) is 0 Å². The predicted molar refractivity (Wildman–Crippen MR) is 111 cm³/mol. The van der Waals surface area contributed by atoms with E-state index in [1.54, 1.807) is 61.7 Å². The van der Waals surface area contributed by atoms with E-state index in [1.165, 1.54) is 7.11 Å². The third kappa shape index (κ3) is 4.78. The molecule has 2 aromatic carbocycles. The van der Waals surface area contributed by atoms with Crippen LogP contribution in [0.25, 0.3) is 6.08 Å². The fraction of sp³-hybridized carbons (Fsp3) is 0.190. The zero-order valence-corrected chi connectivity index (χ0v) is 16.8. The maximum Gasteiger partial charge on any atom is 0.293 e. The molecule has 1 saturated heterocycles. The van der Waals surface area contributed by atoms with Crippen molar-refractivity contribution in [1.82, 2.24) is 10.2 Å². The Balaban J connectivity index is 1.60. The second-order valence-electron chi connectivity index (χ2n) is 6.06. The van der Waals surface area contributed by atoms with Crippen molar-refractivity contribution < 1.29 is 23.9 Å². The summed E-state index contributed by atoms with van der Waals surface area (Å²) in [4.78, 5) is 38.5. The van der Waals surface area contributed by atoms with Gasteiger partial charge < -0.3 is 14.8 Å². The second-order valence-corrected chi connectivity index (χ2v) is 7.06. The van der Waals surface area contributed by atoms with Crippen LogP contribution in [-0.2, 0) is 4.79 Å². The normalized spacial score (nSPS) is 15.0. The first kappa shape index (κ1) is 20.5. The fourth-order valence-corrected chi connectivity index (χ4v) is 3.62. The number of carbonyl (C=O) groups excluding carboxylic acids is 3. The smallest absolute Gasteiger partial charge is 0.293 e. The maximum absolute atomic E-state index is 12.5. The number of carbonyl (C=O) groups is 3. The minimum Gasteiger partial charge on any atom is -0.497 e. The molecule has 7 nitrogen and oxygen atoms in total. The highest BCUT2D eigenvalue weighted by Gasteiger charge is 2.34. The summed E-state index contributed by atoms with van der Waals surface area (Å²) in [6.07, 6.45) is 1.66. The van der Waals surface area contributed by atoms with Gasteiger partial charge in [-0.05, 0) is 47.7 Å². The first-order valence-electron chi connectivity index (χ1n) is 8.84. The Hall–Kier alpha value is -3.26. The zero-order chi connectivity index (χ0) is 20.8. The summed E-state index contributed by atoms with van der Waals surface area (Å²) in [5.41, 5.74) is 1.18. The maximum atomic E-state index is 12.5. The van der Waals surface area contributed by atoms with E-state index in [-0.39, 0.29) is 30.1 Å². The molecular weight excluding hydrogens is 392 g/mol. The molecule has 1 N–H and O–H groups in total. The van der Waals surface area contributed by atoms with E-state index in [4.69, 9.17) is 9.47 Å². The third-order valence-corrected chi connectivity index (χ3v) is 5.17. The number of para-hydroxylation sites is 1. The third-order valence-electron chi connectivity index (χ3n) is 4.26. The first-order valence-corrected chi connectivity index (χ1v) is 9.65. The van der Waals surface area contributed by atoms with Gasteiger partial charge in [0.1, 0.15) is 11.5 Å². The van der Waals surface area contributed by atoms with Gasteiger partial charge in [0.15, 0.2) is 0 Å². The summed E-state index contributed by atoms with van der Waals surface area (Å²) in [6, 6.07) is 14.0. The Morgan fingerprint density at radius 3 is 2.48 bits per heavy atom. The SMILES string of the molecule is COc1ccc(/C=C2\SC(=O)N(CCNC(=O)c3ccccc3OC)C2=O)cc1. The van der Waals surface area contributed by atoms with E-state index in [9.17, 15) is 14.4 Å². The van der Waals surface area contributed by atoms with Gasteiger partial charge in [-0.2, -0.15) is 0 Å². The summed E-state index contributed by atoms with van der Waals surface area (Å²) in [5, 5.41) is 2.35. The molecular formula is C21H20N2O5S. The number of nitrogens with one attached hydrogen (secondary N) is 1. The van der Waals surface area contributed by atoms with Gasteiger partial charge in [-0.25, -0.2) is 0 Å². The van der Waals surface area contributed by atoms with Crippen molar-refractivity contribution >= 4 is 34.9 Å². The fourth-order valence-electron chi connectivity index (χ4n) is 2.75. The number of benzene rings is 2. The number of hydrogen-bond donors (Lipinski definition) is 1. The van der Waals surface area contributed by atoms with Crippen LogP contribution < -0.4 is 14.8 Å². The van der Waals surface area contributed by atoms with Crippen LogP contribution >= 0.6 is 11.8 Å². The van der Waals surface area contributed by atoms with Crippen molar-refractivity contribution in [2.24, 2.45) is 0 Å². The topological polar surface area (TPSA) is 84.9 Å². The van der Waals surface area contributed by atoms with Gasteiger partial charge in [0.2, 0.25) is 0 Å². The number of methoxy groups -OCH3 is 2. The molecule has 1 aliphatic rings. The molecule has 0 saturated carbocycles. The van der Waals surface area contributed by atoms with Crippen LogP contribution in [0.1, 0.15) is 15.9 Å². The molecule has 0 atom stereocenters. The molecule has 0 radical (unpaired) electrons. The average Bonchev–Trinajstić information content (AvgIpc) is 3.01. The number of rotatable bonds is 7. The lowest BCUT2D eigenvalue weighted by molar-refractivity contribution is -0.122. The molecule has 1 fully saturated rings. The highest BCUT2D eigenvalue weighted by atomic mass is 32.2. The monoisotopic (exact) mass is 412 g/mol. The zero-order valence-electron chi connectivity index (χ0n) is 16.0. The van der Waals surface area contributed by atoms with Crippen LogP contribution in [0.5, 0.6) is 11.5 Å². The van der Waals surface area contributed by atoms with Crippen molar-refractivity contribution in [3.05, 3.63) is 64.6 Å². The minimum absolute atomic E-state index is 0.0888. The van der Waals surface area contributed by atoms with E-state index >= 15 is 0 Å². The van der Waals surface area contributed by atoms with Gasteiger partial charge in [-0.1, -0.05) is 24.3 Å². The Bertz CT molecular complexity index is 956. The molecule has 0 unspecified atom stereocenters. The second kappa shape index (κ2) is 9.29. The van der Waals surface area contributed by atoms with Crippen LogP contribution in [0.4, 0.5) is 4.79 Å². The number of nitrogens with zero attached hydrogens (tertiary/aromatic N) is 1. The summed E-state index contributed by atoms with van der Waals surface area (Å²) >= 11 is 0.882. The van der Waals surface area contributed by atoms with Crippen molar-refractivity contribution in [1.29, 1.82) is 0 Å². The molecule has 3 rings (SSSR count). The Labute approximate surface area is 172 Å². The van der Waals surface area contributed by atoms with Crippen molar-refractivity contribution in [2.75, 3.05) is 27.3 Å². The Morgan fingerprint density at radius 1 is 1.07 bits per heavy atom. The number of ether oxygens (including phenoxy) is 2. The molecule has 0 aliphatic carbocycles. The van der Waals surface area contributed by atoms with Gasteiger partial charge in [0, 0.05) is 13.1 Å². The molecule has 1 heterocycles. The highest BCUT2D eigenvalue weighted by Crippen LogP contribution is 2.32. The molecule has 29 heavy (non-hydrogen) atoms. The lowest BCUT2D eigenvalue weighted by atomic mass is 10.2. The van der Waals surface area contributed by atoms with Crippen molar-refractivity contribution in [2.45, 2.75) is 0 Å². The minimum atomic E-state index is -0.373. The van der Waals surface area contributed by atoms with Crippen molar-refractivity contribution in [3.63, 3.8) is 0 Å². The van der Waals surface area contributed by atoms with Crippen LogP contribution in [0.15, 0.2) is 53.4 Å². The number of thioether (sulfide) groups is 1. The van der Waals surface area contributed by atoms with Crippen LogP contribution in [0.2, 0.25) is 0 Å². The highest BCUT2D eigenvalue weighted by molar-refractivity contribution is 8.18. The summed E-state index contributed by atoms with van der Waals surface area (Å²) in [6.45, 7) is 0.232. The van der Waals surface area contributed by atoms with Gasteiger partial charge in [0.05, 0.1) is 24.7 Å². The van der Waals surface area contributed by atoms with Gasteiger partial charge in [-0.3, -0.25) is 19.3 Å². The van der Waals surface area contributed by atoms with E-state index < -0.39 is 0 Å². The van der Waals surface area contributed by atoms with E-state index in [2.05, 4.69) is 5.32 Å². The molecule has 0 aromatic heterocycles. The Kier molecular flexibility index (Phi) is 6.56. The quantitative estimate of drug-likeness (QED) is 0.703. The van der Waals surface area contributed by atoms with Crippen molar-refractivity contribution in [3.8, 4) is 11.5 Å². The summed E-state index contributed by atoms with van der Waals surface area (Å²) in [7, 11) is 3.06. The molecule has 0 spiro atoms. The summed E-state index contributed by atoms with van der Waals surface area (Å²) < 4.78 is 10.3. The molecule has 150 valence electrons. The van der Waals surface area contributed by atoms with Crippen LogP contribution in [0.3, 0.4) is 0 Å². The first-order chi connectivity index (χ1) is 14.0. The lowest BCUT2D eigenvalue weighted by Gasteiger charge is -2.13. The molecule has 0 bridgehead atoms.